The average molecular weight is 451 g/mol. The predicted octanol–water partition coefficient (Wildman–Crippen LogP) is 4.06. The Labute approximate surface area is 197 Å². The minimum absolute atomic E-state index is 0.0521. The Morgan fingerprint density at radius 1 is 1.03 bits per heavy atom. The van der Waals surface area contributed by atoms with Crippen molar-refractivity contribution in [2.24, 2.45) is 5.73 Å². The molecule has 170 valence electrons. The Kier molecular flexibility index (Phi) is 6.03. The molecule has 2 aromatic carbocycles. The minimum Gasteiger partial charge on any atom is -0.392 e. The van der Waals surface area contributed by atoms with Gasteiger partial charge in [-0.15, -0.1) is 10.2 Å². The normalized spacial score (nSPS) is 11.9. The molecule has 0 saturated heterocycles. The lowest BCUT2D eigenvalue weighted by Crippen LogP contribution is -2.06. The van der Waals surface area contributed by atoms with Crippen LogP contribution < -0.4 is 11.1 Å². The van der Waals surface area contributed by atoms with E-state index in [9.17, 15) is 0 Å². The van der Waals surface area contributed by atoms with Crippen molar-refractivity contribution >= 4 is 16.6 Å². The molecule has 0 saturated carbocycles. The number of aliphatic hydroxyl groups excluding tert-OH is 1. The summed E-state index contributed by atoms with van der Waals surface area (Å²) in [5.41, 5.74) is 13.5. The number of aromatic nitrogens is 4. The Balaban J connectivity index is 1.60. The van der Waals surface area contributed by atoms with Crippen molar-refractivity contribution in [2.45, 2.75) is 20.0 Å². The van der Waals surface area contributed by atoms with Crippen LogP contribution in [0.15, 0.2) is 84.7 Å². The number of nitrogens with one attached hydrogen (secondary N) is 1. The lowest BCUT2D eigenvalue weighted by molar-refractivity contribution is 0.330. The highest BCUT2D eigenvalue weighted by Gasteiger charge is 2.15. The van der Waals surface area contributed by atoms with E-state index in [2.05, 4.69) is 58.0 Å². The molecule has 0 radical (unpaired) electrons. The zero-order valence-corrected chi connectivity index (χ0v) is 18.9. The smallest absolute Gasteiger partial charge is 0.170 e. The van der Waals surface area contributed by atoms with Gasteiger partial charge in [0.15, 0.2) is 11.5 Å². The van der Waals surface area contributed by atoms with E-state index in [0.29, 0.717) is 13.1 Å². The summed E-state index contributed by atoms with van der Waals surface area (Å²) in [5.74, 6) is 0.718. The van der Waals surface area contributed by atoms with Crippen LogP contribution in [0.2, 0.25) is 0 Å². The molecular weight excluding hydrogens is 424 g/mol. The van der Waals surface area contributed by atoms with Crippen molar-refractivity contribution in [1.82, 2.24) is 24.9 Å². The molecule has 34 heavy (non-hydrogen) atoms. The zero-order valence-electron chi connectivity index (χ0n) is 18.9. The number of nitrogens with two attached hydrogens (primary N) is 1. The summed E-state index contributed by atoms with van der Waals surface area (Å²) < 4.78 is 1.92. The molecule has 0 atom stereocenters. The van der Waals surface area contributed by atoms with Gasteiger partial charge in [-0.05, 0) is 42.0 Å². The van der Waals surface area contributed by atoms with E-state index in [0.717, 1.165) is 55.9 Å². The van der Waals surface area contributed by atoms with Crippen LogP contribution in [0.1, 0.15) is 18.3 Å². The highest BCUT2D eigenvalue weighted by molar-refractivity contribution is 5.98. The predicted molar refractivity (Wildman–Crippen MR) is 135 cm³/mol. The number of aliphatic hydroxyl groups is 1. The first kappa shape index (κ1) is 21.8. The molecule has 7 nitrogen and oxygen atoms in total. The van der Waals surface area contributed by atoms with Gasteiger partial charge in [0.25, 0.3) is 0 Å². The van der Waals surface area contributed by atoms with E-state index in [1.54, 1.807) is 0 Å². The van der Waals surface area contributed by atoms with Crippen molar-refractivity contribution in [2.75, 3.05) is 6.61 Å². The molecule has 0 aliphatic heterocycles. The van der Waals surface area contributed by atoms with Gasteiger partial charge in [-0.3, -0.25) is 4.40 Å². The van der Waals surface area contributed by atoms with Crippen molar-refractivity contribution in [3.8, 4) is 22.4 Å². The summed E-state index contributed by atoms with van der Waals surface area (Å²) in [7, 11) is 0. The summed E-state index contributed by atoms with van der Waals surface area (Å²) in [6, 6.07) is 22.8. The summed E-state index contributed by atoms with van der Waals surface area (Å²) in [5, 5.41) is 21.9. The van der Waals surface area contributed by atoms with Crippen LogP contribution in [0.25, 0.3) is 38.9 Å². The molecule has 3 heterocycles. The van der Waals surface area contributed by atoms with Gasteiger partial charge >= 0.3 is 0 Å². The van der Waals surface area contributed by atoms with E-state index in [1.807, 2.05) is 48.0 Å². The molecule has 5 aromatic rings. The van der Waals surface area contributed by atoms with Gasteiger partial charge in [0.2, 0.25) is 0 Å². The zero-order chi connectivity index (χ0) is 23.5. The van der Waals surface area contributed by atoms with E-state index in [4.69, 9.17) is 15.8 Å². The molecule has 4 N–H and O–H groups in total. The molecular formula is C27H26N6O. The second kappa shape index (κ2) is 9.43. The summed E-state index contributed by atoms with van der Waals surface area (Å²) in [4.78, 5) is 5.07. The number of hydrogen-bond acceptors (Lipinski definition) is 6. The van der Waals surface area contributed by atoms with Crippen LogP contribution in [-0.2, 0) is 13.1 Å². The largest absolute Gasteiger partial charge is 0.392 e. The lowest BCUT2D eigenvalue weighted by Gasteiger charge is -2.13. The van der Waals surface area contributed by atoms with E-state index >= 15 is 0 Å². The van der Waals surface area contributed by atoms with Gasteiger partial charge in [-0.1, -0.05) is 54.6 Å². The fourth-order valence-corrected chi connectivity index (χ4v) is 4.01. The van der Waals surface area contributed by atoms with Crippen LogP contribution in [-0.4, -0.2) is 31.3 Å². The van der Waals surface area contributed by atoms with Crippen LogP contribution in [0.3, 0.4) is 0 Å². The van der Waals surface area contributed by atoms with Gasteiger partial charge in [0.1, 0.15) is 0 Å². The van der Waals surface area contributed by atoms with E-state index < -0.39 is 0 Å². The van der Waals surface area contributed by atoms with Crippen LogP contribution >= 0.6 is 0 Å². The number of hydrogen-bond donors (Lipinski definition) is 3. The summed E-state index contributed by atoms with van der Waals surface area (Å²) in [6.07, 6.45) is 3.77. The maximum atomic E-state index is 9.13. The molecule has 0 amide bonds. The Bertz CT molecular complexity index is 1470. The monoisotopic (exact) mass is 450 g/mol. The second-order valence-corrected chi connectivity index (χ2v) is 8.24. The Morgan fingerprint density at radius 2 is 1.82 bits per heavy atom. The number of fused-ring (bicyclic) bond motifs is 3. The van der Waals surface area contributed by atoms with Crippen molar-refractivity contribution < 1.29 is 5.11 Å². The molecule has 7 heteroatoms. The molecule has 0 aliphatic carbocycles. The number of benzene rings is 2. The molecule has 0 unspecified atom stereocenters. The molecule has 0 spiro atoms. The standard InChI is InChI=1S/C27H26N6O/c1-18(17-34)15-29-16-19-7-9-21(10-8-19)26-22(20-5-3-2-4-6-20)13-23-24(30-26)11-12-33-25(14-28)31-32-27(23)33/h2-13,15,29,34H,14,16-17,28H2,1H3/b18-15+. The quantitative estimate of drug-likeness (QED) is 0.346. The maximum absolute atomic E-state index is 9.13. The Hall–Kier alpha value is -4.07. The highest BCUT2D eigenvalue weighted by atomic mass is 16.3. The van der Waals surface area contributed by atoms with Crippen molar-refractivity contribution in [3.05, 3.63) is 96.1 Å². The minimum atomic E-state index is 0.0521. The Morgan fingerprint density at radius 3 is 2.56 bits per heavy atom. The van der Waals surface area contributed by atoms with Gasteiger partial charge in [-0.25, -0.2) is 4.98 Å². The highest BCUT2D eigenvalue weighted by Crippen LogP contribution is 2.34. The molecule has 5 rings (SSSR count). The fraction of sp³-hybridized carbons (Fsp3) is 0.148. The van der Waals surface area contributed by atoms with Gasteiger partial charge in [0, 0.05) is 29.3 Å². The lowest BCUT2D eigenvalue weighted by atomic mass is 9.97. The number of nitrogens with zero attached hydrogens (tertiary/aromatic N) is 4. The summed E-state index contributed by atoms with van der Waals surface area (Å²) >= 11 is 0. The first-order valence-corrected chi connectivity index (χ1v) is 11.2. The van der Waals surface area contributed by atoms with Crippen molar-refractivity contribution in [1.29, 1.82) is 0 Å². The molecule has 0 fully saturated rings. The van der Waals surface area contributed by atoms with Crippen LogP contribution in [0, 0.1) is 0 Å². The first-order chi connectivity index (χ1) is 16.7. The van der Waals surface area contributed by atoms with Gasteiger partial charge in [-0.2, -0.15) is 0 Å². The average Bonchev–Trinajstić information content (AvgIpc) is 3.32. The third kappa shape index (κ3) is 4.14. The molecule has 3 aromatic heterocycles. The van der Waals surface area contributed by atoms with Gasteiger partial charge in [0.05, 0.1) is 24.4 Å². The molecule has 0 aliphatic rings. The van der Waals surface area contributed by atoms with Crippen LogP contribution in [0.5, 0.6) is 0 Å². The maximum Gasteiger partial charge on any atom is 0.170 e. The first-order valence-electron chi connectivity index (χ1n) is 11.2. The van der Waals surface area contributed by atoms with E-state index in [1.165, 1.54) is 0 Å². The summed E-state index contributed by atoms with van der Waals surface area (Å²) in [6.45, 7) is 2.94. The number of rotatable bonds is 7. The second-order valence-electron chi connectivity index (χ2n) is 8.24. The van der Waals surface area contributed by atoms with E-state index in [-0.39, 0.29) is 6.61 Å². The number of pyridine rings is 2. The molecule has 0 bridgehead atoms. The topological polar surface area (TPSA) is 101 Å². The SMILES string of the molecule is C/C(=C\NCc1ccc(-c2nc3ccn4c(CN)nnc4c3cc2-c2ccccc2)cc1)CO. The van der Waals surface area contributed by atoms with Crippen LogP contribution in [0.4, 0.5) is 0 Å². The third-order valence-electron chi connectivity index (χ3n) is 5.84. The fourth-order valence-electron chi connectivity index (χ4n) is 4.01. The third-order valence-corrected chi connectivity index (χ3v) is 5.84. The van der Waals surface area contributed by atoms with Crippen molar-refractivity contribution in [3.63, 3.8) is 0 Å². The van der Waals surface area contributed by atoms with Gasteiger partial charge < -0.3 is 16.2 Å².